The van der Waals surface area contributed by atoms with E-state index in [-0.39, 0.29) is 18.7 Å². The van der Waals surface area contributed by atoms with Crippen LogP contribution in [0.5, 0.6) is 0 Å². The molecule has 6 nitrogen and oxygen atoms in total. The van der Waals surface area contributed by atoms with E-state index in [1.165, 1.54) is 7.11 Å². The van der Waals surface area contributed by atoms with E-state index in [0.717, 1.165) is 6.26 Å². The van der Waals surface area contributed by atoms with Crippen molar-refractivity contribution >= 4 is 21.5 Å². The molecule has 0 heterocycles. The summed E-state index contributed by atoms with van der Waals surface area (Å²) in [6, 6.07) is 0. The third-order valence-electron chi connectivity index (χ3n) is 1.80. The summed E-state index contributed by atoms with van der Waals surface area (Å²) in [5.74, 6) is 1.34. The minimum absolute atomic E-state index is 0.105. The lowest BCUT2D eigenvalue weighted by Crippen LogP contribution is -2.36. The summed E-state index contributed by atoms with van der Waals surface area (Å²) in [7, 11) is -2.36. The molecule has 96 valence electrons. The molecular formula is C10H15NO5S. The van der Waals surface area contributed by atoms with Crippen molar-refractivity contribution in [3.8, 4) is 12.3 Å². The lowest BCUT2D eigenvalue weighted by Gasteiger charge is -2.13. The molecule has 7 heteroatoms. The second-order valence-corrected chi connectivity index (χ2v) is 5.33. The molecule has 0 aliphatic rings. The summed E-state index contributed by atoms with van der Waals surface area (Å²) in [4.78, 5) is 16.0. The molecule has 0 N–H and O–H groups in total. The second-order valence-electron chi connectivity index (χ2n) is 3.11. The number of nitrogens with zero attached hydrogens (tertiary/aromatic N) is 1. The fourth-order valence-corrected chi connectivity index (χ4v) is 2.03. The van der Waals surface area contributed by atoms with Gasteiger partial charge in [0.1, 0.15) is 12.4 Å². The SMILES string of the molecule is C#CCC(C(=NOC)C(=O)OCC)S(C)(=O)=O. The van der Waals surface area contributed by atoms with Gasteiger partial charge in [-0.3, -0.25) is 0 Å². The maximum atomic E-state index is 11.5. The highest BCUT2D eigenvalue weighted by atomic mass is 32.2. The highest BCUT2D eigenvalue weighted by molar-refractivity contribution is 7.92. The molecule has 0 aliphatic heterocycles. The summed E-state index contributed by atoms with van der Waals surface area (Å²) in [5, 5.41) is 2.18. The van der Waals surface area contributed by atoms with Crippen molar-refractivity contribution in [2.75, 3.05) is 20.0 Å². The molecule has 0 saturated carbocycles. The zero-order valence-electron chi connectivity index (χ0n) is 9.97. The minimum atomic E-state index is -3.57. The van der Waals surface area contributed by atoms with E-state index >= 15 is 0 Å². The Morgan fingerprint density at radius 2 is 2.12 bits per heavy atom. The lowest BCUT2D eigenvalue weighted by molar-refractivity contribution is -0.135. The Morgan fingerprint density at radius 3 is 2.47 bits per heavy atom. The van der Waals surface area contributed by atoms with E-state index in [2.05, 4.69) is 15.9 Å². The van der Waals surface area contributed by atoms with Gasteiger partial charge in [-0.15, -0.1) is 12.3 Å². The molecule has 0 saturated heterocycles. The van der Waals surface area contributed by atoms with Crippen molar-refractivity contribution in [2.24, 2.45) is 5.16 Å². The van der Waals surface area contributed by atoms with Crippen LogP contribution in [0.2, 0.25) is 0 Å². The first-order valence-corrected chi connectivity index (χ1v) is 6.74. The van der Waals surface area contributed by atoms with Crippen LogP contribution in [-0.2, 0) is 24.2 Å². The summed E-state index contributed by atoms with van der Waals surface area (Å²) < 4.78 is 27.7. The van der Waals surface area contributed by atoms with Crippen molar-refractivity contribution in [1.29, 1.82) is 0 Å². The third-order valence-corrected chi connectivity index (χ3v) is 3.22. The molecule has 0 spiro atoms. The largest absolute Gasteiger partial charge is 0.461 e. The van der Waals surface area contributed by atoms with Crippen LogP contribution in [-0.4, -0.2) is 45.3 Å². The number of hydrogen-bond acceptors (Lipinski definition) is 6. The van der Waals surface area contributed by atoms with Crippen molar-refractivity contribution < 1.29 is 22.8 Å². The van der Waals surface area contributed by atoms with Crippen molar-refractivity contribution in [1.82, 2.24) is 0 Å². The number of rotatable bonds is 6. The number of oxime groups is 1. The van der Waals surface area contributed by atoms with Gasteiger partial charge in [-0.2, -0.15) is 0 Å². The lowest BCUT2D eigenvalue weighted by atomic mass is 10.2. The summed E-state index contributed by atoms with van der Waals surface area (Å²) in [6.07, 6.45) is 5.88. The molecule has 0 bridgehead atoms. The second kappa shape index (κ2) is 6.91. The van der Waals surface area contributed by atoms with Gasteiger partial charge in [-0.25, -0.2) is 13.2 Å². The highest BCUT2D eigenvalue weighted by Gasteiger charge is 2.32. The van der Waals surface area contributed by atoms with E-state index in [4.69, 9.17) is 11.2 Å². The van der Waals surface area contributed by atoms with Gasteiger partial charge in [0.05, 0.1) is 6.61 Å². The first kappa shape index (κ1) is 15.4. The van der Waals surface area contributed by atoms with Gasteiger partial charge in [0.25, 0.3) is 0 Å². The molecule has 0 fully saturated rings. The monoisotopic (exact) mass is 261 g/mol. The topological polar surface area (TPSA) is 82.0 Å². The van der Waals surface area contributed by atoms with Crippen molar-refractivity contribution in [3.63, 3.8) is 0 Å². The predicted molar refractivity (Wildman–Crippen MR) is 63.2 cm³/mol. The van der Waals surface area contributed by atoms with Crippen LogP contribution in [0.3, 0.4) is 0 Å². The number of ether oxygens (including phenoxy) is 1. The highest BCUT2D eigenvalue weighted by Crippen LogP contribution is 2.09. The summed E-state index contributed by atoms with van der Waals surface area (Å²) in [5.41, 5.74) is -0.338. The Kier molecular flexibility index (Phi) is 6.28. The van der Waals surface area contributed by atoms with Crippen molar-refractivity contribution in [2.45, 2.75) is 18.6 Å². The van der Waals surface area contributed by atoms with E-state index < -0.39 is 21.1 Å². The molecule has 0 aromatic rings. The maximum Gasteiger partial charge on any atom is 0.357 e. The fourth-order valence-electron chi connectivity index (χ4n) is 1.09. The first-order chi connectivity index (χ1) is 7.88. The molecule has 0 aliphatic carbocycles. The third kappa shape index (κ3) is 4.87. The van der Waals surface area contributed by atoms with Gasteiger partial charge >= 0.3 is 5.97 Å². The zero-order chi connectivity index (χ0) is 13.5. The molecule has 1 atom stereocenters. The molecule has 0 aromatic heterocycles. The summed E-state index contributed by atoms with van der Waals surface area (Å²) >= 11 is 0. The van der Waals surface area contributed by atoms with Crippen LogP contribution in [0, 0.1) is 12.3 Å². The number of carbonyl (C=O) groups excluding carboxylic acids is 1. The number of hydrogen-bond donors (Lipinski definition) is 0. The van der Waals surface area contributed by atoms with Gasteiger partial charge < -0.3 is 9.57 Å². The van der Waals surface area contributed by atoms with Gasteiger partial charge in [-0.1, -0.05) is 5.16 Å². The van der Waals surface area contributed by atoms with E-state index in [1.807, 2.05) is 0 Å². The fraction of sp³-hybridized carbons (Fsp3) is 0.600. The van der Waals surface area contributed by atoms with Crippen LogP contribution in [0.15, 0.2) is 5.16 Å². The number of terminal acetylenes is 1. The van der Waals surface area contributed by atoms with Crippen LogP contribution in [0.4, 0.5) is 0 Å². The number of esters is 1. The maximum absolute atomic E-state index is 11.5. The number of carbonyl (C=O) groups is 1. The molecule has 1 unspecified atom stereocenters. The Balaban J connectivity index is 5.35. The smallest absolute Gasteiger partial charge is 0.357 e. The Bertz CT molecular complexity index is 432. The molecule has 0 aromatic carbocycles. The Hall–Kier alpha value is -1.55. The average molecular weight is 261 g/mol. The summed E-state index contributed by atoms with van der Waals surface area (Å²) in [6.45, 7) is 1.70. The Labute approximate surface area is 101 Å². The van der Waals surface area contributed by atoms with Crippen LogP contribution in [0.25, 0.3) is 0 Å². The molecule has 17 heavy (non-hydrogen) atoms. The minimum Gasteiger partial charge on any atom is -0.461 e. The molecule has 0 radical (unpaired) electrons. The average Bonchev–Trinajstić information content (AvgIpc) is 2.22. The van der Waals surface area contributed by atoms with Gasteiger partial charge in [0.2, 0.25) is 0 Å². The van der Waals surface area contributed by atoms with Crippen LogP contribution in [0.1, 0.15) is 13.3 Å². The molecule has 0 rings (SSSR count). The molecule has 0 amide bonds. The van der Waals surface area contributed by atoms with Crippen LogP contribution < -0.4 is 0 Å². The molecular weight excluding hydrogens is 246 g/mol. The zero-order valence-corrected chi connectivity index (χ0v) is 10.8. The normalized spacial score (nSPS) is 13.6. The van der Waals surface area contributed by atoms with E-state index in [9.17, 15) is 13.2 Å². The van der Waals surface area contributed by atoms with Crippen molar-refractivity contribution in [3.05, 3.63) is 0 Å². The van der Waals surface area contributed by atoms with E-state index in [0.29, 0.717) is 0 Å². The standard InChI is InChI=1S/C10H15NO5S/c1-5-7-8(17(4,13)14)9(11-15-3)10(12)16-6-2/h1,8H,6-7H2,2-4H3. The predicted octanol–water partition coefficient (Wildman–Crippen LogP) is -0.0116. The van der Waals surface area contributed by atoms with Crippen LogP contribution >= 0.6 is 0 Å². The van der Waals surface area contributed by atoms with Gasteiger partial charge in [-0.05, 0) is 6.92 Å². The van der Waals surface area contributed by atoms with E-state index in [1.54, 1.807) is 6.92 Å². The first-order valence-electron chi connectivity index (χ1n) is 4.78. The quantitative estimate of drug-likeness (QED) is 0.291. The van der Waals surface area contributed by atoms with Gasteiger partial charge in [0, 0.05) is 12.7 Å². The van der Waals surface area contributed by atoms with Gasteiger partial charge in [0.15, 0.2) is 15.5 Å². The Morgan fingerprint density at radius 1 is 1.53 bits per heavy atom. The number of sulfone groups is 1.